The molecule has 1 fully saturated rings. The minimum absolute atomic E-state index is 0.242. The standard InChI is InChI=1S/C14H21N5OS/c1-16-8-11-13(17-14-18(11)6-7-21-14)19(9-12(15)20)10-4-2-3-5-10/h6-7,10,16H,2-5,8-9H2,1H3,(H2,15,20). The first-order valence-electron chi connectivity index (χ1n) is 7.34. The number of fused-ring (bicyclic) bond motifs is 1. The Labute approximate surface area is 127 Å². The number of imidazole rings is 1. The number of aromatic nitrogens is 2. The Bertz CT molecular complexity index is 628. The molecule has 3 N–H and O–H groups in total. The molecule has 0 saturated heterocycles. The van der Waals surface area contributed by atoms with Gasteiger partial charge >= 0.3 is 0 Å². The molecule has 1 amide bonds. The fourth-order valence-electron chi connectivity index (χ4n) is 3.14. The molecule has 21 heavy (non-hydrogen) atoms. The molecule has 0 unspecified atom stereocenters. The number of anilines is 1. The van der Waals surface area contributed by atoms with Gasteiger partial charge in [-0.25, -0.2) is 4.98 Å². The first-order chi connectivity index (χ1) is 10.2. The molecule has 7 heteroatoms. The average Bonchev–Trinajstić information content (AvgIpc) is 3.14. The Balaban J connectivity index is 2.02. The van der Waals surface area contributed by atoms with Gasteiger partial charge in [0.15, 0.2) is 10.8 Å². The van der Waals surface area contributed by atoms with Crippen LogP contribution in [0.15, 0.2) is 11.6 Å². The zero-order valence-electron chi connectivity index (χ0n) is 12.2. The van der Waals surface area contributed by atoms with Crippen molar-refractivity contribution < 1.29 is 4.79 Å². The Kier molecular flexibility index (Phi) is 4.12. The minimum Gasteiger partial charge on any atom is -0.368 e. The third kappa shape index (κ3) is 2.75. The predicted molar refractivity (Wildman–Crippen MR) is 84.6 cm³/mol. The summed E-state index contributed by atoms with van der Waals surface area (Å²) in [6.45, 7) is 0.960. The van der Waals surface area contributed by atoms with Gasteiger partial charge in [0.25, 0.3) is 0 Å². The summed E-state index contributed by atoms with van der Waals surface area (Å²) in [6, 6.07) is 0.373. The molecule has 0 aliphatic heterocycles. The first-order valence-corrected chi connectivity index (χ1v) is 8.22. The second kappa shape index (κ2) is 6.03. The van der Waals surface area contributed by atoms with Crippen LogP contribution in [0, 0.1) is 0 Å². The van der Waals surface area contributed by atoms with Crippen LogP contribution in [0.4, 0.5) is 5.82 Å². The van der Waals surface area contributed by atoms with Crippen LogP contribution >= 0.6 is 11.3 Å². The Morgan fingerprint density at radius 1 is 1.57 bits per heavy atom. The van der Waals surface area contributed by atoms with Gasteiger partial charge in [0, 0.05) is 24.2 Å². The van der Waals surface area contributed by atoms with Crippen molar-refractivity contribution in [1.29, 1.82) is 0 Å². The van der Waals surface area contributed by atoms with Crippen LogP contribution in [0.25, 0.3) is 4.96 Å². The van der Waals surface area contributed by atoms with Crippen LogP contribution in [0.1, 0.15) is 31.4 Å². The van der Waals surface area contributed by atoms with E-state index in [1.54, 1.807) is 11.3 Å². The van der Waals surface area contributed by atoms with Crippen molar-refractivity contribution in [3.8, 4) is 0 Å². The highest BCUT2D eigenvalue weighted by molar-refractivity contribution is 7.15. The molecule has 114 valence electrons. The van der Waals surface area contributed by atoms with Gasteiger partial charge in [-0.05, 0) is 19.9 Å². The highest BCUT2D eigenvalue weighted by Crippen LogP contribution is 2.31. The fraction of sp³-hybridized carbons (Fsp3) is 0.571. The zero-order valence-corrected chi connectivity index (χ0v) is 13.0. The highest BCUT2D eigenvalue weighted by Gasteiger charge is 2.28. The molecule has 2 heterocycles. The lowest BCUT2D eigenvalue weighted by atomic mass is 10.2. The van der Waals surface area contributed by atoms with Crippen molar-refractivity contribution >= 4 is 28.0 Å². The largest absolute Gasteiger partial charge is 0.368 e. The number of nitrogens with two attached hydrogens (primary N) is 1. The molecule has 1 aliphatic rings. The number of nitrogens with one attached hydrogen (secondary N) is 1. The summed E-state index contributed by atoms with van der Waals surface area (Å²) < 4.78 is 2.10. The van der Waals surface area contributed by atoms with Gasteiger partial charge in [0.1, 0.15) is 0 Å². The number of primary amides is 1. The van der Waals surface area contributed by atoms with Crippen molar-refractivity contribution in [3.05, 3.63) is 17.3 Å². The van der Waals surface area contributed by atoms with E-state index in [1.807, 2.05) is 18.6 Å². The van der Waals surface area contributed by atoms with Gasteiger partial charge in [0.05, 0.1) is 12.2 Å². The molecule has 6 nitrogen and oxygen atoms in total. The van der Waals surface area contributed by atoms with Gasteiger partial charge in [-0.3, -0.25) is 9.20 Å². The van der Waals surface area contributed by atoms with E-state index in [1.165, 1.54) is 12.8 Å². The summed E-state index contributed by atoms with van der Waals surface area (Å²) in [5.41, 5.74) is 6.56. The van der Waals surface area contributed by atoms with Gasteiger partial charge in [-0.15, -0.1) is 11.3 Å². The van der Waals surface area contributed by atoms with Crippen molar-refractivity contribution in [2.24, 2.45) is 5.73 Å². The maximum atomic E-state index is 11.5. The summed E-state index contributed by atoms with van der Waals surface area (Å²) in [5, 5.41) is 5.22. The zero-order chi connectivity index (χ0) is 14.8. The number of hydrogen-bond acceptors (Lipinski definition) is 5. The molecule has 2 aromatic heterocycles. The second-order valence-electron chi connectivity index (χ2n) is 5.50. The molecule has 3 rings (SSSR count). The lowest BCUT2D eigenvalue weighted by Crippen LogP contribution is -2.41. The molecule has 1 saturated carbocycles. The van der Waals surface area contributed by atoms with Gasteiger partial charge in [-0.1, -0.05) is 12.8 Å². The third-order valence-corrected chi connectivity index (χ3v) is 4.80. The number of thiazole rings is 1. The van der Waals surface area contributed by atoms with E-state index in [2.05, 4.69) is 14.6 Å². The molecule has 1 aliphatic carbocycles. The van der Waals surface area contributed by atoms with E-state index in [4.69, 9.17) is 10.7 Å². The average molecular weight is 307 g/mol. The maximum absolute atomic E-state index is 11.5. The van der Waals surface area contributed by atoms with Crippen molar-refractivity contribution in [3.63, 3.8) is 0 Å². The predicted octanol–water partition coefficient (Wildman–Crippen LogP) is 1.35. The van der Waals surface area contributed by atoms with Crippen LogP contribution in [0.3, 0.4) is 0 Å². The van der Waals surface area contributed by atoms with Crippen LogP contribution in [-0.2, 0) is 11.3 Å². The summed E-state index contributed by atoms with van der Waals surface area (Å²) in [4.78, 5) is 19.3. The van der Waals surface area contributed by atoms with E-state index in [-0.39, 0.29) is 12.5 Å². The molecular weight excluding hydrogens is 286 g/mol. The van der Waals surface area contributed by atoms with Gasteiger partial charge in [-0.2, -0.15) is 0 Å². The van der Waals surface area contributed by atoms with E-state index in [9.17, 15) is 4.79 Å². The van der Waals surface area contributed by atoms with Crippen LogP contribution in [-0.4, -0.2) is 34.9 Å². The molecule has 0 atom stereocenters. The smallest absolute Gasteiger partial charge is 0.237 e. The lowest BCUT2D eigenvalue weighted by Gasteiger charge is -2.28. The summed E-state index contributed by atoms with van der Waals surface area (Å²) in [7, 11) is 1.92. The fourth-order valence-corrected chi connectivity index (χ4v) is 3.87. The minimum atomic E-state index is -0.298. The van der Waals surface area contributed by atoms with Crippen LogP contribution < -0.4 is 16.0 Å². The van der Waals surface area contributed by atoms with Crippen LogP contribution in [0.2, 0.25) is 0 Å². The van der Waals surface area contributed by atoms with E-state index in [0.29, 0.717) is 6.04 Å². The monoisotopic (exact) mass is 307 g/mol. The maximum Gasteiger partial charge on any atom is 0.237 e. The summed E-state index contributed by atoms with van der Waals surface area (Å²) in [6.07, 6.45) is 6.67. The number of carbonyl (C=O) groups excluding carboxylic acids is 1. The molecule has 0 bridgehead atoms. The Hall–Kier alpha value is -1.60. The Morgan fingerprint density at radius 2 is 2.33 bits per heavy atom. The molecule has 0 radical (unpaired) electrons. The lowest BCUT2D eigenvalue weighted by molar-refractivity contribution is -0.116. The summed E-state index contributed by atoms with van der Waals surface area (Å²) in [5.74, 6) is 0.607. The number of nitrogens with zero attached hydrogens (tertiary/aromatic N) is 3. The van der Waals surface area contributed by atoms with Crippen molar-refractivity contribution in [2.45, 2.75) is 38.3 Å². The number of hydrogen-bond donors (Lipinski definition) is 2. The highest BCUT2D eigenvalue weighted by atomic mass is 32.1. The quantitative estimate of drug-likeness (QED) is 0.844. The topological polar surface area (TPSA) is 75.7 Å². The SMILES string of the molecule is CNCc1c(N(CC(N)=O)C2CCCC2)nc2sccn12. The number of carbonyl (C=O) groups is 1. The molecular formula is C14H21N5OS. The first kappa shape index (κ1) is 14.3. The van der Waals surface area contributed by atoms with E-state index < -0.39 is 0 Å². The van der Waals surface area contributed by atoms with Gasteiger partial charge in [0.2, 0.25) is 5.91 Å². The van der Waals surface area contributed by atoms with Gasteiger partial charge < -0.3 is 16.0 Å². The normalized spacial score (nSPS) is 15.9. The van der Waals surface area contributed by atoms with E-state index >= 15 is 0 Å². The van der Waals surface area contributed by atoms with Crippen molar-refractivity contribution in [1.82, 2.24) is 14.7 Å². The Morgan fingerprint density at radius 3 is 3.00 bits per heavy atom. The summed E-state index contributed by atoms with van der Waals surface area (Å²) >= 11 is 1.61. The molecule has 2 aromatic rings. The second-order valence-corrected chi connectivity index (χ2v) is 6.37. The van der Waals surface area contributed by atoms with Crippen LogP contribution in [0.5, 0.6) is 0 Å². The van der Waals surface area contributed by atoms with Crippen molar-refractivity contribution in [2.75, 3.05) is 18.5 Å². The molecule has 0 spiro atoms. The number of rotatable bonds is 6. The molecule has 0 aromatic carbocycles. The third-order valence-electron chi connectivity index (χ3n) is 4.05. The van der Waals surface area contributed by atoms with E-state index in [0.717, 1.165) is 35.9 Å². The number of amides is 1.